The van der Waals surface area contributed by atoms with Gasteiger partial charge < -0.3 is 24.6 Å². The molecule has 0 saturated heterocycles. The first-order valence-corrected chi connectivity index (χ1v) is 9.27. The average molecular weight is 385 g/mol. The summed E-state index contributed by atoms with van der Waals surface area (Å²) in [4.78, 5) is 16.7. The number of anilines is 1. The quantitative estimate of drug-likeness (QED) is 0.776. The van der Waals surface area contributed by atoms with Crippen LogP contribution in [0.4, 0.5) is 5.82 Å². The fourth-order valence-corrected chi connectivity index (χ4v) is 3.17. The van der Waals surface area contributed by atoms with Gasteiger partial charge in [0.15, 0.2) is 17.2 Å². The maximum atomic E-state index is 12.8. The predicted octanol–water partition coefficient (Wildman–Crippen LogP) is 1.67. The summed E-state index contributed by atoms with van der Waals surface area (Å²) in [5, 5.41) is 11.4. The normalized spacial score (nSPS) is 13.2. The van der Waals surface area contributed by atoms with E-state index in [0.717, 1.165) is 25.1 Å². The largest absolute Gasteiger partial charge is 0.493 e. The van der Waals surface area contributed by atoms with Gasteiger partial charge >= 0.3 is 0 Å². The molecule has 0 radical (unpaired) electrons. The van der Waals surface area contributed by atoms with Crippen LogP contribution in [-0.2, 0) is 13.0 Å². The van der Waals surface area contributed by atoms with E-state index in [1.807, 2.05) is 26.2 Å². The lowest BCUT2D eigenvalue weighted by molar-refractivity contribution is 0.0727. The molecule has 0 fully saturated rings. The van der Waals surface area contributed by atoms with E-state index >= 15 is 0 Å². The standard InChI is InChI=1S/C20H27N5O3/c1-24(2)10-8-21-19-6-5-16(22-23-19)20(26)25-9-7-14-11-17(27-3)18(28-4)12-15(14)13-25/h5-6,11-12H,7-10,13H2,1-4H3,(H,21,23). The molecule has 1 aromatic heterocycles. The van der Waals surface area contributed by atoms with E-state index in [1.54, 1.807) is 31.3 Å². The number of likely N-dealkylation sites (N-methyl/N-ethyl adjacent to an activating group) is 1. The minimum Gasteiger partial charge on any atom is -0.493 e. The summed E-state index contributed by atoms with van der Waals surface area (Å²) in [7, 11) is 7.26. The third-order valence-electron chi connectivity index (χ3n) is 4.75. The molecular weight excluding hydrogens is 358 g/mol. The van der Waals surface area contributed by atoms with E-state index in [1.165, 1.54) is 5.56 Å². The van der Waals surface area contributed by atoms with E-state index in [2.05, 4.69) is 20.4 Å². The topological polar surface area (TPSA) is 79.8 Å². The number of aromatic nitrogens is 2. The lowest BCUT2D eigenvalue weighted by Gasteiger charge is -2.29. The third-order valence-corrected chi connectivity index (χ3v) is 4.75. The molecule has 0 bridgehead atoms. The maximum Gasteiger partial charge on any atom is 0.274 e. The van der Waals surface area contributed by atoms with Crippen molar-refractivity contribution < 1.29 is 14.3 Å². The number of hydrogen-bond acceptors (Lipinski definition) is 7. The van der Waals surface area contributed by atoms with Gasteiger partial charge in [-0.05, 0) is 55.9 Å². The molecule has 28 heavy (non-hydrogen) atoms. The first-order chi connectivity index (χ1) is 13.5. The smallest absolute Gasteiger partial charge is 0.274 e. The molecule has 8 nitrogen and oxygen atoms in total. The van der Waals surface area contributed by atoms with Crippen molar-refractivity contribution in [1.29, 1.82) is 0 Å². The number of carbonyl (C=O) groups excluding carboxylic acids is 1. The van der Waals surface area contributed by atoms with Gasteiger partial charge in [0.1, 0.15) is 5.82 Å². The van der Waals surface area contributed by atoms with Crippen molar-refractivity contribution in [2.24, 2.45) is 0 Å². The van der Waals surface area contributed by atoms with Crippen molar-refractivity contribution >= 4 is 11.7 Å². The van der Waals surface area contributed by atoms with Crippen molar-refractivity contribution in [3.05, 3.63) is 41.1 Å². The number of rotatable bonds is 7. The fraction of sp³-hybridized carbons (Fsp3) is 0.450. The highest BCUT2D eigenvalue weighted by Crippen LogP contribution is 2.33. The summed E-state index contributed by atoms with van der Waals surface area (Å²) in [6.45, 7) is 2.80. The summed E-state index contributed by atoms with van der Waals surface area (Å²) in [5.41, 5.74) is 2.59. The van der Waals surface area contributed by atoms with Crippen LogP contribution in [0.3, 0.4) is 0 Å². The number of ether oxygens (including phenoxy) is 2. The van der Waals surface area contributed by atoms with Gasteiger partial charge in [-0.25, -0.2) is 0 Å². The minimum absolute atomic E-state index is 0.118. The van der Waals surface area contributed by atoms with Crippen molar-refractivity contribution in [1.82, 2.24) is 20.0 Å². The molecule has 0 spiro atoms. The molecule has 1 aliphatic rings. The number of benzene rings is 1. The van der Waals surface area contributed by atoms with E-state index in [9.17, 15) is 4.79 Å². The Labute approximate surface area is 165 Å². The van der Waals surface area contributed by atoms with Gasteiger partial charge in [-0.2, -0.15) is 0 Å². The van der Waals surface area contributed by atoms with E-state index in [-0.39, 0.29) is 5.91 Å². The van der Waals surface area contributed by atoms with Crippen LogP contribution in [-0.4, -0.2) is 73.9 Å². The predicted molar refractivity (Wildman–Crippen MR) is 107 cm³/mol. The molecule has 8 heteroatoms. The Morgan fingerprint density at radius 1 is 1.14 bits per heavy atom. The maximum absolute atomic E-state index is 12.8. The molecule has 0 saturated carbocycles. The Morgan fingerprint density at radius 3 is 2.46 bits per heavy atom. The van der Waals surface area contributed by atoms with Crippen LogP contribution in [0.25, 0.3) is 0 Å². The van der Waals surface area contributed by atoms with Crippen LogP contribution in [0, 0.1) is 0 Å². The van der Waals surface area contributed by atoms with Crippen LogP contribution in [0.1, 0.15) is 21.6 Å². The minimum atomic E-state index is -0.118. The highest BCUT2D eigenvalue weighted by atomic mass is 16.5. The van der Waals surface area contributed by atoms with Gasteiger partial charge in [-0.15, -0.1) is 10.2 Å². The van der Waals surface area contributed by atoms with Crippen LogP contribution in [0.5, 0.6) is 11.5 Å². The number of amides is 1. The van der Waals surface area contributed by atoms with Crippen LogP contribution in [0.2, 0.25) is 0 Å². The van der Waals surface area contributed by atoms with Crippen molar-refractivity contribution in [3.63, 3.8) is 0 Å². The molecule has 150 valence electrons. The second kappa shape index (κ2) is 8.88. The molecular formula is C20H27N5O3. The zero-order chi connectivity index (χ0) is 20.1. The summed E-state index contributed by atoms with van der Waals surface area (Å²) in [6.07, 6.45) is 0.763. The molecule has 0 atom stereocenters. The molecule has 1 aliphatic heterocycles. The molecule has 2 heterocycles. The molecule has 1 N–H and O–H groups in total. The van der Waals surface area contributed by atoms with Crippen LogP contribution >= 0.6 is 0 Å². The van der Waals surface area contributed by atoms with Gasteiger partial charge in [-0.3, -0.25) is 4.79 Å². The fourth-order valence-electron chi connectivity index (χ4n) is 3.17. The Balaban J connectivity index is 1.67. The van der Waals surface area contributed by atoms with Gasteiger partial charge in [0.05, 0.1) is 14.2 Å². The molecule has 0 unspecified atom stereocenters. The first kappa shape index (κ1) is 19.9. The van der Waals surface area contributed by atoms with Crippen molar-refractivity contribution in [3.8, 4) is 11.5 Å². The molecule has 2 aromatic rings. The SMILES string of the molecule is COc1cc2c(cc1OC)CN(C(=O)c1ccc(NCCN(C)C)nn1)CC2. The zero-order valence-corrected chi connectivity index (χ0v) is 16.9. The molecule has 3 rings (SSSR count). The lowest BCUT2D eigenvalue weighted by Crippen LogP contribution is -2.36. The number of nitrogens with one attached hydrogen (secondary N) is 1. The number of methoxy groups -OCH3 is 2. The number of fused-ring (bicyclic) bond motifs is 1. The monoisotopic (exact) mass is 385 g/mol. The highest BCUT2D eigenvalue weighted by molar-refractivity contribution is 5.92. The first-order valence-electron chi connectivity index (χ1n) is 9.27. The second-order valence-corrected chi connectivity index (χ2v) is 6.99. The second-order valence-electron chi connectivity index (χ2n) is 6.99. The lowest BCUT2D eigenvalue weighted by atomic mass is 9.98. The van der Waals surface area contributed by atoms with Gasteiger partial charge in [0.25, 0.3) is 5.91 Å². The Kier molecular flexibility index (Phi) is 6.30. The van der Waals surface area contributed by atoms with Crippen molar-refractivity contribution in [2.75, 3.05) is 53.3 Å². The molecule has 0 aliphatic carbocycles. The summed E-state index contributed by atoms with van der Waals surface area (Å²) >= 11 is 0. The average Bonchev–Trinajstić information content (AvgIpc) is 2.72. The Morgan fingerprint density at radius 2 is 1.86 bits per heavy atom. The third kappa shape index (κ3) is 4.51. The van der Waals surface area contributed by atoms with Crippen LogP contribution < -0.4 is 14.8 Å². The summed E-state index contributed by atoms with van der Waals surface area (Å²) < 4.78 is 10.7. The van der Waals surface area contributed by atoms with E-state index < -0.39 is 0 Å². The molecule has 1 amide bonds. The Hall–Kier alpha value is -2.87. The Bertz CT molecular complexity index is 823. The van der Waals surface area contributed by atoms with E-state index in [4.69, 9.17) is 9.47 Å². The van der Waals surface area contributed by atoms with Crippen molar-refractivity contribution in [2.45, 2.75) is 13.0 Å². The highest BCUT2D eigenvalue weighted by Gasteiger charge is 2.24. The number of hydrogen-bond donors (Lipinski definition) is 1. The number of carbonyl (C=O) groups is 1. The zero-order valence-electron chi connectivity index (χ0n) is 16.9. The van der Waals surface area contributed by atoms with Gasteiger partial charge in [-0.1, -0.05) is 0 Å². The summed E-state index contributed by atoms with van der Waals surface area (Å²) in [6, 6.07) is 7.44. The van der Waals surface area contributed by atoms with Crippen LogP contribution in [0.15, 0.2) is 24.3 Å². The van der Waals surface area contributed by atoms with Gasteiger partial charge in [0.2, 0.25) is 0 Å². The summed E-state index contributed by atoms with van der Waals surface area (Å²) in [5.74, 6) is 1.93. The number of nitrogens with zero attached hydrogens (tertiary/aromatic N) is 4. The molecule has 1 aromatic carbocycles. The van der Waals surface area contributed by atoms with Gasteiger partial charge in [0, 0.05) is 26.2 Å². The van der Waals surface area contributed by atoms with E-state index in [0.29, 0.717) is 36.1 Å².